The van der Waals surface area contributed by atoms with Crippen LogP contribution in [0.2, 0.25) is 0 Å². The lowest BCUT2D eigenvalue weighted by Crippen LogP contribution is -2.44. The van der Waals surface area contributed by atoms with Gasteiger partial charge in [0.1, 0.15) is 0 Å². The van der Waals surface area contributed by atoms with Crippen LogP contribution in [0.5, 0.6) is 0 Å². The summed E-state index contributed by atoms with van der Waals surface area (Å²) in [5.74, 6) is 0. The van der Waals surface area contributed by atoms with Crippen molar-refractivity contribution in [2.75, 3.05) is 0 Å². The van der Waals surface area contributed by atoms with Gasteiger partial charge in [-0.3, -0.25) is 0 Å². The molecule has 1 aliphatic rings. The van der Waals surface area contributed by atoms with Crippen LogP contribution >= 0.6 is 0 Å². The van der Waals surface area contributed by atoms with Crippen molar-refractivity contribution in [1.82, 2.24) is 0 Å². The number of rotatable bonds is 15. The molecule has 0 radical (unpaired) electrons. The summed E-state index contributed by atoms with van der Waals surface area (Å²) in [4.78, 5) is 0. The topological polar surface area (TPSA) is 38.7 Å². The first-order chi connectivity index (χ1) is 14.2. The van der Waals surface area contributed by atoms with Crippen molar-refractivity contribution in [1.29, 1.82) is 0 Å². The maximum Gasteiger partial charge on any atom is 0.0843 e. The van der Waals surface area contributed by atoms with Gasteiger partial charge in [-0.15, -0.1) is 6.58 Å². The minimum atomic E-state index is -0.455. The molecule has 0 aliphatic carbocycles. The first-order valence-electron chi connectivity index (χ1n) is 11.8. The van der Waals surface area contributed by atoms with E-state index < -0.39 is 6.10 Å². The van der Waals surface area contributed by atoms with Gasteiger partial charge in [-0.2, -0.15) is 0 Å². The van der Waals surface area contributed by atoms with Crippen molar-refractivity contribution in [2.45, 2.75) is 115 Å². The Morgan fingerprint density at radius 2 is 1.76 bits per heavy atom. The normalized spacial score (nSPS) is 23.0. The van der Waals surface area contributed by atoms with E-state index in [9.17, 15) is 5.11 Å². The van der Waals surface area contributed by atoms with Gasteiger partial charge in [0, 0.05) is 0 Å². The molecule has 1 saturated heterocycles. The maximum absolute atomic E-state index is 10.4. The Bertz CT molecular complexity index is 530. The Labute approximate surface area is 178 Å². The molecule has 1 aliphatic heterocycles. The summed E-state index contributed by atoms with van der Waals surface area (Å²) in [6.07, 6.45) is 15.3. The van der Waals surface area contributed by atoms with Crippen LogP contribution in [0.1, 0.15) is 89.5 Å². The molecular formula is C26H42O3. The first-order valence-corrected chi connectivity index (χ1v) is 11.8. The summed E-state index contributed by atoms with van der Waals surface area (Å²) in [6, 6.07) is 10.3. The van der Waals surface area contributed by atoms with Gasteiger partial charge in [-0.1, -0.05) is 94.7 Å². The summed E-state index contributed by atoms with van der Waals surface area (Å²) < 4.78 is 12.6. The van der Waals surface area contributed by atoms with Crippen molar-refractivity contribution in [2.24, 2.45) is 0 Å². The summed E-state index contributed by atoms with van der Waals surface area (Å²) in [7, 11) is 0. The lowest BCUT2D eigenvalue weighted by Gasteiger charge is -2.38. The third kappa shape index (κ3) is 9.46. The van der Waals surface area contributed by atoms with Crippen LogP contribution in [0.4, 0.5) is 0 Å². The molecule has 164 valence electrons. The van der Waals surface area contributed by atoms with Crippen LogP contribution in [-0.2, 0) is 16.1 Å². The van der Waals surface area contributed by atoms with E-state index in [-0.39, 0.29) is 18.3 Å². The van der Waals surface area contributed by atoms with E-state index in [4.69, 9.17) is 9.47 Å². The highest BCUT2D eigenvalue weighted by Crippen LogP contribution is 2.29. The third-order valence-electron chi connectivity index (χ3n) is 5.99. The van der Waals surface area contributed by atoms with Gasteiger partial charge in [-0.25, -0.2) is 0 Å². The molecule has 1 heterocycles. The second kappa shape index (κ2) is 14.8. The van der Waals surface area contributed by atoms with Gasteiger partial charge in [0.2, 0.25) is 0 Å². The Kier molecular flexibility index (Phi) is 12.3. The van der Waals surface area contributed by atoms with Crippen molar-refractivity contribution < 1.29 is 14.6 Å². The van der Waals surface area contributed by atoms with Crippen LogP contribution in [0.3, 0.4) is 0 Å². The summed E-state index contributed by atoms with van der Waals surface area (Å²) in [5, 5.41) is 10.4. The average molecular weight is 403 g/mol. The van der Waals surface area contributed by atoms with Crippen molar-refractivity contribution >= 4 is 0 Å². The molecule has 3 nitrogen and oxygen atoms in total. The predicted molar refractivity (Wildman–Crippen MR) is 121 cm³/mol. The molecular weight excluding hydrogens is 360 g/mol. The fourth-order valence-corrected chi connectivity index (χ4v) is 4.20. The van der Waals surface area contributed by atoms with Gasteiger partial charge >= 0.3 is 0 Å². The Morgan fingerprint density at radius 1 is 1.07 bits per heavy atom. The summed E-state index contributed by atoms with van der Waals surface area (Å²) in [5.41, 5.74) is 1.20. The number of hydrogen-bond donors (Lipinski definition) is 1. The van der Waals surface area contributed by atoms with Gasteiger partial charge in [0.05, 0.1) is 31.0 Å². The quantitative estimate of drug-likeness (QED) is 0.266. The van der Waals surface area contributed by atoms with E-state index in [1.165, 1.54) is 56.9 Å². The minimum absolute atomic E-state index is 0.0806. The Hall–Kier alpha value is -1.16. The van der Waals surface area contributed by atoms with Gasteiger partial charge in [0.15, 0.2) is 0 Å². The number of benzene rings is 1. The molecule has 1 aromatic carbocycles. The molecule has 0 amide bonds. The van der Waals surface area contributed by atoms with Gasteiger partial charge < -0.3 is 14.6 Å². The van der Waals surface area contributed by atoms with Crippen LogP contribution < -0.4 is 0 Å². The largest absolute Gasteiger partial charge is 0.390 e. The molecule has 3 heteroatoms. The predicted octanol–water partition coefficient (Wildman–Crippen LogP) is 6.59. The van der Waals surface area contributed by atoms with Crippen molar-refractivity contribution in [3.05, 3.63) is 48.6 Å². The number of aliphatic hydroxyl groups is 1. The summed E-state index contributed by atoms with van der Waals surface area (Å²) >= 11 is 0. The maximum atomic E-state index is 10.4. The second-order valence-corrected chi connectivity index (χ2v) is 8.48. The lowest BCUT2D eigenvalue weighted by molar-refractivity contribution is -0.171. The number of ether oxygens (including phenoxy) is 2. The average Bonchev–Trinajstić information content (AvgIpc) is 2.75. The number of unbranched alkanes of at least 4 members (excludes halogenated alkanes) is 7. The molecule has 2 rings (SSSR count). The van der Waals surface area contributed by atoms with E-state index in [1.807, 2.05) is 6.07 Å². The van der Waals surface area contributed by atoms with Gasteiger partial charge in [0.25, 0.3) is 0 Å². The van der Waals surface area contributed by atoms with Crippen LogP contribution in [0, 0.1) is 0 Å². The fourth-order valence-electron chi connectivity index (χ4n) is 4.20. The molecule has 0 spiro atoms. The van der Waals surface area contributed by atoms with Crippen molar-refractivity contribution in [3.8, 4) is 0 Å². The standard InChI is InChI=1S/C26H42O3/c1-3-5-6-7-8-9-10-14-18-26-25(28-21-22-16-12-11-13-17-22)20-19-24(29-26)23(27)15-4-2/h4,11-13,16-17,23-27H,2-3,5-10,14-15,18-21H2,1H3/t23-,24-,25+,26-/m0/s1. The molecule has 1 fully saturated rings. The fraction of sp³-hybridized carbons (Fsp3) is 0.692. The summed E-state index contributed by atoms with van der Waals surface area (Å²) in [6.45, 7) is 6.64. The van der Waals surface area contributed by atoms with E-state index in [0.717, 1.165) is 19.3 Å². The molecule has 0 bridgehead atoms. The van der Waals surface area contributed by atoms with Crippen molar-refractivity contribution in [3.63, 3.8) is 0 Å². The molecule has 1 N–H and O–H groups in total. The minimum Gasteiger partial charge on any atom is -0.390 e. The molecule has 29 heavy (non-hydrogen) atoms. The third-order valence-corrected chi connectivity index (χ3v) is 5.99. The smallest absolute Gasteiger partial charge is 0.0843 e. The van der Waals surface area contributed by atoms with Gasteiger partial charge in [-0.05, 0) is 31.2 Å². The Morgan fingerprint density at radius 3 is 2.45 bits per heavy atom. The number of aliphatic hydroxyl groups excluding tert-OH is 1. The molecule has 4 atom stereocenters. The first kappa shape index (κ1) is 24.1. The molecule has 0 unspecified atom stereocenters. The van der Waals surface area contributed by atoms with Crippen LogP contribution in [0.25, 0.3) is 0 Å². The molecule has 0 aromatic heterocycles. The molecule has 0 saturated carbocycles. The monoisotopic (exact) mass is 402 g/mol. The zero-order valence-electron chi connectivity index (χ0n) is 18.4. The zero-order chi connectivity index (χ0) is 20.7. The molecule has 1 aromatic rings. The highest BCUT2D eigenvalue weighted by atomic mass is 16.6. The highest BCUT2D eigenvalue weighted by Gasteiger charge is 2.34. The van der Waals surface area contributed by atoms with Crippen LogP contribution in [-0.4, -0.2) is 29.5 Å². The van der Waals surface area contributed by atoms with E-state index in [1.54, 1.807) is 6.08 Å². The Balaban J connectivity index is 1.78. The van der Waals surface area contributed by atoms with Crippen LogP contribution in [0.15, 0.2) is 43.0 Å². The second-order valence-electron chi connectivity index (χ2n) is 8.48. The lowest BCUT2D eigenvalue weighted by atomic mass is 9.93. The zero-order valence-corrected chi connectivity index (χ0v) is 18.4. The SMILES string of the molecule is C=CC[C@H](O)[C@@H]1CC[C@@H](OCc2ccccc2)[C@H](CCCCCCCCCC)O1. The van der Waals surface area contributed by atoms with E-state index in [0.29, 0.717) is 13.0 Å². The van der Waals surface area contributed by atoms with E-state index in [2.05, 4.69) is 37.8 Å². The number of hydrogen-bond acceptors (Lipinski definition) is 3. The van der Waals surface area contributed by atoms with E-state index >= 15 is 0 Å². The highest BCUT2D eigenvalue weighted by molar-refractivity contribution is 5.13.